The summed E-state index contributed by atoms with van der Waals surface area (Å²) < 4.78 is 2.31. The van der Waals surface area contributed by atoms with E-state index in [0.717, 1.165) is 29.3 Å². The van der Waals surface area contributed by atoms with Gasteiger partial charge in [-0.1, -0.05) is 30.7 Å². The molecule has 0 spiro atoms. The van der Waals surface area contributed by atoms with Crippen LogP contribution in [-0.4, -0.2) is 9.55 Å². The number of hydrogen-bond acceptors (Lipinski definition) is 1. The number of imidazole rings is 1. The molecular weight excluding hydrogens is 280 g/mol. The number of rotatable bonds is 3. The first-order valence-corrected chi connectivity index (χ1v) is 7.67. The van der Waals surface area contributed by atoms with Gasteiger partial charge in [0.05, 0.1) is 11.0 Å². The molecule has 2 aromatic carbocycles. The van der Waals surface area contributed by atoms with Gasteiger partial charge in [0, 0.05) is 18.0 Å². The third kappa shape index (κ3) is 2.68. The minimum atomic E-state index is 0.774. The summed E-state index contributed by atoms with van der Waals surface area (Å²) >= 11 is 5.97. The van der Waals surface area contributed by atoms with E-state index < -0.39 is 0 Å². The van der Waals surface area contributed by atoms with Crippen LogP contribution in [0.15, 0.2) is 36.4 Å². The first-order valence-electron chi connectivity index (χ1n) is 7.29. The van der Waals surface area contributed by atoms with Gasteiger partial charge >= 0.3 is 0 Å². The van der Waals surface area contributed by atoms with Crippen molar-refractivity contribution in [1.29, 1.82) is 0 Å². The highest BCUT2D eigenvalue weighted by molar-refractivity contribution is 6.30. The molecule has 3 heteroatoms. The van der Waals surface area contributed by atoms with E-state index in [-0.39, 0.29) is 0 Å². The zero-order valence-electron chi connectivity index (χ0n) is 12.7. The Labute approximate surface area is 130 Å². The SMILES string of the molecule is CCc1nc2cc(C)c(C)cc2n1Cc1ccc(Cl)cc1. The Bertz CT molecular complexity index is 785. The molecule has 0 amide bonds. The lowest BCUT2D eigenvalue weighted by Gasteiger charge is -2.09. The van der Waals surface area contributed by atoms with Crippen molar-refractivity contribution in [2.24, 2.45) is 0 Å². The van der Waals surface area contributed by atoms with Gasteiger partial charge in [0.25, 0.3) is 0 Å². The van der Waals surface area contributed by atoms with E-state index in [4.69, 9.17) is 16.6 Å². The molecular formula is C18H19ClN2. The van der Waals surface area contributed by atoms with Gasteiger partial charge in [-0.15, -0.1) is 0 Å². The predicted octanol–water partition coefficient (Wildman–Crippen LogP) is 4.92. The lowest BCUT2D eigenvalue weighted by Crippen LogP contribution is -2.04. The molecule has 0 atom stereocenters. The van der Waals surface area contributed by atoms with Crippen LogP contribution >= 0.6 is 11.6 Å². The molecule has 0 fully saturated rings. The molecule has 3 aromatic rings. The van der Waals surface area contributed by atoms with E-state index in [9.17, 15) is 0 Å². The molecule has 1 aromatic heterocycles. The Kier molecular flexibility index (Phi) is 3.73. The van der Waals surface area contributed by atoms with Crippen molar-refractivity contribution >= 4 is 22.6 Å². The van der Waals surface area contributed by atoms with Crippen molar-refractivity contribution in [3.8, 4) is 0 Å². The van der Waals surface area contributed by atoms with Gasteiger partial charge in [-0.2, -0.15) is 0 Å². The van der Waals surface area contributed by atoms with Crippen molar-refractivity contribution in [2.75, 3.05) is 0 Å². The molecule has 2 nitrogen and oxygen atoms in total. The van der Waals surface area contributed by atoms with E-state index >= 15 is 0 Å². The van der Waals surface area contributed by atoms with Crippen LogP contribution in [0, 0.1) is 13.8 Å². The van der Waals surface area contributed by atoms with Gasteiger partial charge < -0.3 is 4.57 Å². The fourth-order valence-corrected chi connectivity index (χ4v) is 2.77. The molecule has 1 heterocycles. The molecule has 108 valence electrons. The normalized spacial score (nSPS) is 11.2. The molecule has 3 rings (SSSR count). The second-order valence-corrected chi connectivity index (χ2v) is 5.96. The third-order valence-corrected chi connectivity index (χ3v) is 4.26. The van der Waals surface area contributed by atoms with E-state index in [1.54, 1.807) is 0 Å². The molecule has 0 bridgehead atoms. The Balaban J connectivity index is 2.11. The maximum absolute atomic E-state index is 5.97. The highest BCUT2D eigenvalue weighted by Crippen LogP contribution is 2.22. The summed E-state index contributed by atoms with van der Waals surface area (Å²) in [4.78, 5) is 4.78. The monoisotopic (exact) mass is 298 g/mol. The molecule has 0 aliphatic heterocycles. The molecule has 0 aliphatic carbocycles. The average Bonchev–Trinajstić information content (AvgIpc) is 2.79. The van der Waals surface area contributed by atoms with Crippen LogP contribution in [0.4, 0.5) is 0 Å². The fraction of sp³-hybridized carbons (Fsp3) is 0.278. The highest BCUT2D eigenvalue weighted by atomic mass is 35.5. The molecule has 0 saturated carbocycles. The van der Waals surface area contributed by atoms with Gasteiger partial charge in [0.15, 0.2) is 0 Å². The lowest BCUT2D eigenvalue weighted by molar-refractivity contribution is 0.753. The summed E-state index contributed by atoms with van der Waals surface area (Å²) in [6.45, 7) is 7.28. The Hall–Kier alpha value is -1.80. The van der Waals surface area contributed by atoms with Crippen molar-refractivity contribution in [3.63, 3.8) is 0 Å². The molecule has 0 unspecified atom stereocenters. The Morgan fingerprint density at radius 2 is 1.71 bits per heavy atom. The molecule has 0 saturated heterocycles. The van der Waals surface area contributed by atoms with Crippen LogP contribution in [0.1, 0.15) is 29.4 Å². The van der Waals surface area contributed by atoms with Gasteiger partial charge in [-0.3, -0.25) is 0 Å². The molecule has 0 N–H and O–H groups in total. The smallest absolute Gasteiger partial charge is 0.109 e. The average molecular weight is 299 g/mol. The topological polar surface area (TPSA) is 17.8 Å². The van der Waals surface area contributed by atoms with Crippen LogP contribution in [0.3, 0.4) is 0 Å². The quantitative estimate of drug-likeness (QED) is 0.671. The Morgan fingerprint density at radius 1 is 1.05 bits per heavy atom. The number of nitrogens with zero attached hydrogens (tertiary/aromatic N) is 2. The van der Waals surface area contributed by atoms with Gasteiger partial charge in [-0.25, -0.2) is 4.98 Å². The lowest BCUT2D eigenvalue weighted by atomic mass is 10.1. The van der Waals surface area contributed by atoms with Crippen LogP contribution in [-0.2, 0) is 13.0 Å². The molecule has 0 radical (unpaired) electrons. The number of halogens is 1. The number of fused-ring (bicyclic) bond motifs is 1. The number of aryl methyl sites for hydroxylation is 3. The summed E-state index contributed by atoms with van der Waals surface area (Å²) in [6.07, 6.45) is 0.931. The van der Waals surface area contributed by atoms with Crippen molar-refractivity contribution < 1.29 is 0 Å². The van der Waals surface area contributed by atoms with Crippen molar-refractivity contribution in [1.82, 2.24) is 9.55 Å². The zero-order valence-corrected chi connectivity index (χ0v) is 13.4. The molecule has 0 aliphatic rings. The summed E-state index contributed by atoms with van der Waals surface area (Å²) in [6, 6.07) is 12.5. The van der Waals surface area contributed by atoms with Crippen LogP contribution in [0.25, 0.3) is 11.0 Å². The van der Waals surface area contributed by atoms with Gasteiger partial charge in [0.1, 0.15) is 5.82 Å². The third-order valence-electron chi connectivity index (χ3n) is 4.01. The summed E-state index contributed by atoms with van der Waals surface area (Å²) in [5.41, 5.74) is 6.14. The second kappa shape index (κ2) is 5.53. The van der Waals surface area contributed by atoms with Crippen molar-refractivity contribution in [3.05, 3.63) is 63.9 Å². The second-order valence-electron chi connectivity index (χ2n) is 5.52. The van der Waals surface area contributed by atoms with E-state index in [2.05, 4.69) is 49.6 Å². The predicted molar refractivity (Wildman–Crippen MR) is 89.1 cm³/mol. The highest BCUT2D eigenvalue weighted by Gasteiger charge is 2.11. The number of hydrogen-bond donors (Lipinski definition) is 0. The first-order chi connectivity index (χ1) is 10.1. The van der Waals surface area contributed by atoms with E-state index in [1.165, 1.54) is 22.2 Å². The largest absolute Gasteiger partial charge is 0.323 e. The maximum Gasteiger partial charge on any atom is 0.109 e. The summed E-state index contributed by atoms with van der Waals surface area (Å²) in [5, 5.41) is 0.774. The van der Waals surface area contributed by atoms with Crippen LogP contribution < -0.4 is 0 Å². The summed E-state index contributed by atoms with van der Waals surface area (Å²) in [7, 11) is 0. The van der Waals surface area contributed by atoms with Crippen molar-refractivity contribution in [2.45, 2.75) is 33.7 Å². The number of aromatic nitrogens is 2. The number of benzene rings is 2. The standard InChI is InChI=1S/C18H19ClN2/c1-4-18-20-16-9-12(2)13(3)10-17(16)21(18)11-14-5-7-15(19)8-6-14/h5-10H,4,11H2,1-3H3. The van der Waals surface area contributed by atoms with E-state index in [1.807, 2.05) is 12.1 Å². The minimum absolute atomic E-state index is 0.774. The molecule has 21 heavy (non-hydrogen) atoms. The van der Waals surface area contributed by atoms with Crippen LogP contribution in [0.5, 0.6) is 0 Å². The zero-order chi connectivity index (χ0) is 15.0. The first kappa shape index (κ1) is 14.2. The minimum Gasteiger partial charge on any atom is -0.323 e. The van der Waals surface area contributed by atoms with Gasteiger partial charge in [-0.05, 0) is 54.8 Å². The fourth-order valence-electron chi connectivity index (χ4n) is 2.65. The van der Waals surface area contributed by atoms with Crippen LogP contribution in [0.2, 0.25) is 5.02 Å². The summed E-state index contributed by atoms with van der Waals surface area (Å²) in [5.74, 6) is 1.13. The van der Waals surface area contributed by atoms with E-state index in [0.29, 0.717) is 0 Å². The Morgan fingerprint density at radius 3 is 2.38 bits per heavy atom. The maximum atomic E-state index is 5.97. The van der Waals surface area contributed by atoms with Gasteiger partial charge in [0.2, 0.25) is 0 Å².